The first-order valence-electron chi connectivity index (χ1n) is 5.76. The Labute approximate surface area is 115 Å². The van der Waals surface area contributed by atoms with Crippen LogP contribution in [0.5, 0.6) is 0 Å². The summed E-state index contributed by atoms with van der Waals surface area (Å²) in [5.74, 6) is 1.17. The van der Waals surface area contributed by atoms with Crippen molar-refractivity contribution in [1.29, 1.82) is 0 Å². The van der Waals surface area contributed by atoms with Crippen LogP contribution >= 0.6 is 35.0 Å². The molecule has 0 radical (unpaired) electrons. The van der Waals surface area contributed by atoms with Crippen LogP contribution in [0, 0.1) is 11.3 Å². The summed E-state index contributed by atoms with van der Waals surface area (Å²) in [6.07, 6.45) is 4.85. The van der Waals surface area contributed by atoms with E-state index in [1.807, 2.05) is 0 Å². The van der Waals surface area contributed by atoms with Crippen LogP contribution in [0.2, 0.25) is 0 Å². The van der Waals surface area contributed by atoms with Crippen LogP contribution in [0.4, 0.5) is 13.2 Å². The lowest BCUT2D eigenvalue weighted by molar-refractivity contribution is -0.0329. The molecule has 0 amide bonds. The topological polar surface area (TPSA) is 0 Å². The zero-order chi connectivity index (χ0) is 12.9. The molecule has 0 atom stereocenters. The van der Waals surface area contributed by atoms with Crippen molar-refractivity contribution in [3.05, 3.63) is 0 Å². The van der Waals surface area contributed by atoms with E-state index >= 15 is 0 Å². The zero-order valence-corrected chi connectivity index (χ0v) is 11.9. The van der Waals surface area contributed by atoms with E-state index in [2.05, 4.69) is 0 Å². The molecule has 0 N–H and O–H groups in total. The highest BCUT2D eigenvalue weighted by atomic mass is 35.5. The standard InChI is InChI=1S/C11H17Cl2F3S/c12-7-10(8-13,9-3-1-2-4-9)5-6-17-11(14,15)16/h9H,1-8H2. The average Bonchev–Trinajstić information content (AvgIpc) is 2.77. The molecule has 0 bridgehead atoms. The van der Waals surface area contributed by atoms with Crippen LogP contribution in [0.3, 0.4) is 0 Å². The first kappa shape index (κ1) is 15.8. The largest absolute Gasteiger partial charge is 0.441 e. The highest BCUT2D eigenvalue weighted by Crippen LogP contribution is 2.45. The summed E-state index contributed by atoms with van der Waals surface area (Å²) in [7, 11) is 0. The number of hydrogen-bond acceptors (Lipinski definition) is 1. The second kappa shape index (κ2) is 6.76. The van der Waals surface area contributed by atoms with Gasteiger partial charge in [0, 0.05) is 22.9 Å². The summed E-state index contributed by atoms with van der Waals surface area (Å²) in [6, 6.07) is 0. The van der Waals surface area contributed by atoms with E-state index in [1.54, 1.807) is 0 Å². The van der Waals surface area contributed by atoms with Crippen molar-refractivity contribution in [1.82, 2.24) is 0 Å². The van der Waals surface area contributed by atoms with Gasteiger partial charge in [-0.15, -0.1) is 23.2 Å². The minimum absolute atomic E-state index is 0.0327. The van der Waals surface area contributed by atoms with Gasteiger partial charge in [0.2, 0.25) is 0 Å². The molecular weight excluding hydrogens is 292 g/mol. The fraction of sp³-hybridized carbons (Fsp3) is 1.00. The maximum atomic E-state index is 12.1. The molecule has 1 saturated carbocycles. The molecule has 0 unspecified atom stereocenters. The predicted molar refractivity (Wildman–Crippen MR) is 69.0 cm³/mol. The molecule has 6 heteroatoms. The summed E-state index contributed by atoms with van der Waals surface area (Å²) in [4.78, 5) is 0. The normalized spacial score (nSPS) is 18.9. The van der Waals surface area contributed by atoms with Gasteiger partial charge in [0.05, 0.1) is 0 Å². The van der Waals surface area contributed by atoms with Gasteiger partial charge in [-0.2, -0.15) is 13.2 Å². The predicted octanol–water partition coefficient (Wildman–Crippen LogP) is 5.28. The fourth-order valence-corrected chi connectivity index (χ4v) is 4.23. The summed E-state index contributed by atoms with van der Waals surface area (Å²) in [5, 5.41) is 0. The Balaban J connectivity index is 2.52. The van der Waals surface area contributed by atoms with E-state index in [0.717, 1.165) is 25.7 Å². The molecule has 0 nitrogen and oxygen atoms in total. The van der Waals surface area contributed by atoms with Gasteiger partial charge in [-0.05, 0) is 25.2 Å². The van der Waals surface area contributed by atoms with Crippen LogP contribution in [-0.4, -0.2) is 23.0 Å². The lowest BCUT2D eigenvalue weighted by Gasteiger charge is -2.36. The van der Waals surface area contributed by atoms with E-state index in [0.29, 0.717) is 24.1 Å². The molecule has 1 aliphatic rings. The Morgan fingerprint density at radius 2 is 1.59 bits per heavy atom. The quantitative estimate of drug-likeness (QED) is 0.601. The van der Waals surface area contributed by atoms with Crippen molar-refractivity contribution < 1.29 is 13.2 Å². The summed E-state index contributed by atoms with van der Waals surface area (Å²) >= 11 is 12.0. The van der Waals surface area contributed by atoms with Gasteiger partial charge < -0.3 is 0 Å². The van der Waals surface area contributed by atoms with Crippen molar-refractivity contribution in [2.75, 3.05) is 17.5 Å². The smallest absolute Gasteiger partial charge is 0.160 e. The molecule has 102 valence electrons. The summed E-state index contributed by atoms with van der Waals surface area (Å²) in [6.45, 7) is 0. The molecule has 1 aliphatic carbocycles. The highest BCUT2D eigenvalue weighted by Gasteiger charge is 2.39. The van der Waals surface area contributed by atoms with Gasteiger partial charge in [0.1, 0.15) is 0 Å². The number of alkyl halides is 5. The lowest BCUT2D eigenvalue weighted by Crippen LogP contribution is -2.34. The van der Waals surface area contributed by atoms with E-state index in [4.69, 9.17) is 23.2 Å². The van der Waals surface area contributed by atoms with Gasteiger partial charge in [-0.3, -0.25) is 0 Å². The fourth-order valence-electron chi connectivity index (χ4n) is 2.50. The molecular formula is C11H17Cl2F3S. The van der Waals surface area contributed by atoms with E-state index in [-0.39, 0.29) is 22.9 Å². The Bertz CT molecular complexity index is 223. The number of hydrogen-bond donors (Lipinski definition) is 0. The number of thioether (sulfide) groups is 1. The molecule has 0 aromatic heterocycles. The van der Waals surface area contributed by atoms with Crippen LogP contribution < -0.4 is 0 Å². The summed E-state index contributed by atoms with van der Waals surface area (Å²) < 4.78 is 36.3. The third kappa shape index (κ3) is 4.71. The number of rotatable bonds is 6. The molecule has 1 fully saturated rings. The molecule has 0 aliphatic heterocycles. The number of halogens is 5. The third-order valence-electron chi connectivity index (χ3n) is 3.62. The maximum absolute atomic E-state index is 12.1. The second-order valence-corrected chi connectivity index (χ2v) is 6.35. The van der Waals surface area contributed by atoms with Gasteiger partial charge in [-0.1, -0.05) is 24.6 Å². The third-order valence-corrected chi connectivity index (χ3v) is 5.42. The molecule has 0 heterocycles. The van der Waals surface area contributed by atoms with E-state index in [1.165, 1.54) is 0 Å². The minimum Gasteiger partial charge on any atom is -0.160 e. The van der Waals surface area contributed by atoms with Crippen molar-refractivity contribution >= 4 is 35.0 Å². The maximum Gasteiger partial charge on any atom is 0.441 e. The van der Waals surface area contributed by atoms with E-state index in [9.17, 15) is 13.2 Å². The monoisotopic (exact) mass is 308 g/mol. The molecule has 0 spiro atoms. The molecule has 17 heavy (non-hydrogen) atoms. The Morgan fingerprint density at radius 3 is 2.00 bits per heavy atom. The molecule has 1 rings (SSSR count). The van der Waals surface area contributed by atoms with Gasteiger partial charge in [0.25, 0.3) is 0 Å². The lowest BCUT2D eigenvalue weighted by atomic mass is 9.75. The van der Waals surface area contributed by atoms with Crippen LogP contribution in [0.1, 0.15) is 32.1 Å². The van der Waals surface area contributed by atoms with Crippen molar-refractivity contribution in [3.63, 3.8) is 0 Å². The van der Waals surface area contributed by atoms with E-state index < -0.39 is 5.51 Å². The Morgan fingerprint density at radius 1 is 1.06 bits per heavy atom. The van der Waals surface area contributed by atoms with Crippen molar-refractivity contribution in [2.24, 2.45) is 11.3 Å². The molecule has 0 aromatic carbocycles. The first-order chi connectivity index (χ1) is 7.93. The average molecular weight is 309 g/mol. The SMILES string of the molecule is FC(F)(F)SCCC(CCl)(CCl)C1CCCC1. The van der Waals surface area contributed by atoms with Crippen molar-refractivity contribution in [2.45, 2.75) is 37.6 Å². The zero-order valence-electron chi connectivity index (χ0n) is 9.53. The first-order valence-corrected chi connectivity index (χ1v) is 7.81. The second-order valence-electron chi connectivity index (χ2n) is 4.66. The Kier molecular flexibility index (Phi) is 6.27. The van der Waals surface area contributed by atoms with Crippen LogP contribution in [0.25, 0.3) is 0 Å². The highest BCUT2D eigenvalue weighted by molar-refractivity contribution is 8.00. The van der Waals surface area contributed by atoms with Gasteiger partial charge >= 0.3 is 5.51 Å². The molecule has 0 aromatic rings. The molecule has 0 saturated heterocycles. The van der Waals surface area contributed by atoms with Gasteiger partial charge in [0.15, 0.2) is 0 Å². The van der Waals surface area contributed by atoms with Crippen LogP contribution in [-0.2, 0) is 0 Å². The van der Waals surface area contributed by atoms with Gasteiger partial charge in [-0.25, -0.2) is 0 Å². The van der Waals surface area contributed by atoms with Crippen molar-refractivity contribution in [3.8, 4) is 0 Å². The Hall–Kier alpha value is 0.720. The van der Waals surface area contributed by atoms with Crippen LogP contribution in [0.15, 0.2) is 0 Å². The minimum atomic E-state index is -4.15. The summed E-state index contributed by atoms with van der Waals surface area (Å²) in [5.41, 5.74) is -4.46.